The fourth-order valence-corrected chi connectivity index (χ4v) is 3.58. The summed E-state index contributed by atoms with van der Waals surface area (Å²) in [7, 11) is -0.810. The Labute approximate surface area is 131 Å². The molecular weight excluding hydrogens is 282 g/mol. The van der Waals surface area contributed by atoms with Crippen LogP contribution in [-0.4, -0.2) is 23.1 Å². The Bertz CT molecular complexity index is 448. The van der Waals surface area contributed by atoms with Gasteiger partial charge in [-0.2, -0.15) is 0 Å². The van der Waals surface area contributed by atoms with E-state index in [2.05, 4.69) is 38.2 Å². The molecule has 1 aromatic rings. The van der Waals surface area contributed by atoms with Crippen molar-refractivity contribution < 1.29 is 8.95 Å². The summed E-state index contributed by atoms with van der Waals surface area (Å²) in [5, 5.41) is 3.41. The first-order valence-corrected chi connectivity index (χ1v) is 9.45. The quantitative estimate of drug-likeness (QED) is 0.714. The minimum absolute atomic E-state index is 0.300. The molecule has 1 aromatic carbocycles. The van der Waals surface area contributed by atoms with Gasteiger partial charge in [-0.3, -0.25) is 4.21 Å². The Morgan fingerprint density at radius 2 is 2.05 bits per heavy atom. The normalized spacial score (nSPS) is 13.9. The molecule has 0 saturated heterocycles. The third-order valence-electron chi connectivity index (χ3n) is 3.44. The molecule has 120 valence electrons. The monoisotopic (exact) mass is 311 g/mol. The Balaban J connectivity index is 2.89. The summed E-state index contributed by atoms with van der Waals surface area (Å²) in [5.41, 5.74) is 2.29. The van der Waals surface area contributed by atoms with Crippen molar-refractivity contribution in [3.05, 3.63) is 29.3 Å². The van der Waals surface area contributed by atoms with Gasteiger partial charge in [0.05, 0.1) is 12.4 Å². The molecule has 0 bridgehead atoms. The van der Waals surface area contributed by atoms with E-state index in [1.54, 1.807) is 0 Å². The summed E-state index contributed by atoms with van der Waals surface area (Å²) in [4.78, 5) is 0. The Kier molecular flexibility index (Phi) is 8.62. The molecule has 3 nitrogen and oxygen atoms in total. The zero-order valence-electron chi connectivity index (χ0n) is 13.8. The largest absolute Gasteiger partial charge is 0.494 e. The van der Waals surface area contributed by atoms with Gasteiger partial charge >= 0.3 is 0 Å². The van der Waals surface area contributed by atoms with Gasteiger partial charge in [-0.1, -0.05) is 26.3 Å². The lowest BCUT2D eigenvalue weighted by Gasteiger charge is -2.16. The summed E-state index contributed by atoms with van der Waals surface area (Å²) < 4.78 is 17.9. The first-order chi connectivity index (χ1) is 10.1. The molecule has 0 saturated carbocycles. The highest BCUT2D eigenvalue weighted by molar-refractivity contribution is 7.84. The van der Waals surface area contributed by atoms with Crippen molar-refractivity contribution in [1.82, 2.24) is 5.32 Å². The number of nitrogens with one attached hydrogen (secondary N) is 1. The van der Waals surface area contributed by atoms with E-state index in [4.69, 9.17) is 4.74 Å². The van der Waals surface area contributed by atoms with Crippen LogP contribution in [0.2, 0.25) is 0 Å². The summed E-state index contributed by atoms with van der Waals surface area (Å²) >= 11 is 0. The van der Waals surface area contributed by atoms with Crippen LogP contribution in [0.5, 0.6) is 5.75 Å². The molecule has 0 aliphatic carbocycles. The van der Waals surface area contributed by atoms with E-state index in [0.717, 1.165) is 36.5 Å². The summed E-state index contributed by atoms with van der Waals surface area (Å²) in [5.74, 6) is 2.23. The van der Waals surface area contributed by atoms with Gasteiger partial charge in [0.25, 0.3) is 0 Å². The maximum absolute atomic E-state index is 12.2. The van der Waals surface area contributed by atoms with E-state index >= 15 is 0 Å². The Morgan fingerprint density at radius 3 is 2.67 bits per heavy atom. The van der Waals surface area contributed by atoms with Gasteiger partial charge in [0, 0.05) is 28.2 Å². The van der Waals surface area contributed by atoms with Gasteiger partial charge < -0.3 is 10.1 Å². The molecule has 0 aliphatic rings. The molecule has 0 fully saturated rings. The maximum Gasteiger partial charge on any atom is 0.123 e. The summed E-state index contributed by atoms with van der Waals surface area (Å²) in [6, 6.07) is 6.55. The number of hydrogen-bond donors (Lipinski definition) is 1. The van der Waals surface area contributed by atoms with Gasteiger partial charge in [-0.05, 0) is 44.5 Å². The van der Waals surface area contributed by atoms with Crippen LogP contribution in [0.15, 0.2) is 18.2 Å². The van der Waals surface area contributed by atoms with Gasteiger partial charge in [0.15, 0.2) is 0 Å². The molecule has 0 heterocycles. The average Bonchev–Trinajstić information content (AvgIpc) is 2.47. The molecule has 0 aromatic heterocycles. The molecule has 2 atom stereocenters. The van der Waals surface area contributed by atoms with Crippen molar-refractivity contribution >= 4 is 10.8 Å². The SMILES string of the molecule is CCCCS(=O)Cc1cc(C(C)NCC)ccc1OCC. The lowest BCUT2D eigenvalue weighted by molar-refractivity contribution is 0.337. The van der Waals surface area contributed by atoms with Crippen molar-refractivity contribution in [2.75, 3.05) is 18.9 Å². The van der Waals surface area contributed by atoms with E-state index in [-0.39, 0.29) is 0 Å². The van der Waals surface area contributed by atoms with Gasteiger partial charge in [-0.15, -0.1) is 0 Å². The van der Waals surface area contributed by atoms with Crippen molar-refractivity contribution in [1.29, 1.82) is 0 Å². The Hall–Kier alpha value is -0.870. The highest BCUT2D eigenvalue weighted by atomic mass is 32.2. The molecule has 0 amide bonds. The van der Waals surface area contributed by atoms with Crippen LogP contribution in [-0.2, 0) is 16.6 Å². The van der Waals surface area contributed by atoms with Gasteiger partial charge in [-0.25, -0.2) is 0 Å². The predicted octanol–water partition coefficient (Wildman–Crippen LogP) is 3.80. The van der Waals surface area contributed by atoms with Crippen LogP contribution < -0.4 is 10.1 Å². The third kappa shape index (κ3) is 6.18. The Morgan fingerprint density at radius 1 is 1.29 bits per heavy atom. The molecular formula is C17H29NO2S. The average molecular weight is 311 g/mol. The second-order valence-electron chi connectivity index (χ2n) is 5.22. The lowest BCUT2D eigenvalue weighted by Crippen LogP contribution is -2.18. The molecule has 0 spiro atoms. The highest BCUT2D eigenvalue weighted by Crippen LogP contribution is 2.25. The fraction of sp³-hybridized carbons (Fsp3) is 0.647. The number of unbranched alkanes of at least 4 members (excludes halogenated alkanes) is 1. The summed E-state index contributed by atoms with van der Waals surface area (Å²) in [6.45, 7) is 9.93. The van der Waals surface area contributed by atoms with Crippen LogP contribution >= 0.6 is 0 Å². The second kappa shape index (κ2) is 9.96. The van der Waals surface area contributed by atoms with Crippen LogP contribution in [0, 0.1) is 0 Å². The third-order valence-corrected chi connectivity index (χ3v) is 4.81. The maximum atomic E-state index is 12.2. The number of ether oxygens (including phenoxy) is 1. The van der Waals surface area contributed by atoms with Crippen LogP contribution in [0.1, 0.15) is 57.7 Å². The molecule has 4 heteroatoms. The minimum Gasteiger partial charge on any atom is -0.494 e. The zero-order valence-corrected chi connectivity index (χ0v) is 14.6. The minimum atomic E-state index is -0.810. The number of hydrogen-bond acceptors (Lipinski definition) is 3. The first-order valence-electron chi connectivity index (χ1n) is 7.96. The van der Waals surface area contributed by atoms with E-state index < -0.39 is 10.8 Å². The standard InChI is InChI=1S/C17H29NO2S/c1-5-8-11-21(19)13-16-12-15(14(4)18-6-2)9-10-17(16)20-7-3/h9-10,12,14,18H,5-8,11,13H2,1-4H3. The molecule has 0 aliphatic heterocycles. The smallest absolute Gasteiger partial charge is 0.123 e. The van der Waals surface area contributed by atoms with E-state index in [9.17, 15) is 4.21 Å². The van der Waals surface area contributed by atoms with E-state index in [1.807, 2.05) is 13.0 Å². The van der Waals surface area contributed by atoms with Crippen LogP contribution in [0.4, 0.5) is 0 Å². The van der Waals surface area contributed by atoms with Gasteiger partial charge in [0.1, 0.15) is 5.75 Å². The predicted molar refractivity (Wildman–Crippen MR) is 91.3 cm³/mol. The zero-order chi connectivity index (χ0) is 15.7. The summed E-state index contributed by atoms with van der Waals surface area (Å²) in [6.07, 6.45) is 2.10. The second-order valence-corrected chi connectivity index (χ2v) is 6.80. The highest BCUT2D eigenvalue weighted by Gasteiger charge is 2.12. The number of rotatable bonds is 10. The van der Waals surface area contributed by atoms with Crippen molar-refractivity contribution in [2.45, 2.75) is 52.3 Å². The van der Waals surface area contributed by atoms with E-state index in [0.29, 0.717) is 18.4 Å². The van der Waals surface area contributed by atoms with Crippen molar-refractivity contribution in [3.63, 3.8) is 0 Å². The first kappa shape index (κ1) is 18.2. The number of benzene rings is 1. The van der Waals surface area contributed by atoms with E-state index in [1.165, 1.54) is 5.56 Å². The van der Waals surface area contributed by atoms with Gasteiger partial charge in [0.2, 0.25) is 0 Å². The fourth-order valence-electron chi connectivity index (χ4n) is 2.25. The van der Waals surface area contributed by atoms with Crippen LogP contribution in [0.25, 0.3) is 0 Å². The van der Waals surface area contributed by atoms with Crippen molar-refractivity contribution in [2.24, 2.45) is 0 Å². The molecule has 1 N–H and O–H groups in total. The van der Waals surface area contributed by atoms with Crippen molar-refractivity contribution in [3.8, 4) is 5.75 Å². The lowest BCUT2D eigenvalue weighted by atomic mass is 10.0. The molecule has 21 heavy (non-hydrogen) atoms. The molecule has 1 rings (SSSR count). The molecule has 0 radical (unpaired) electrons. The molecule has 2 unspecified atom stereocenters. The van der Waals surface area contributed by atoms with Crippen LogP contribution in [0.3, 0.4) is 0 Å². The topological polar surface area (TPSA) is 38.3 Å².